The number of halogens is 1. The maximum atomic E-state index is 12.5. The normalized spacial score (nSPS) is 15.1. The number of oxazole rings is 1. The van der Waals surface area contributed by atoms with Crippen LogP contribution in [0.2, 0.25) is 5.02 Å². The monoisotopic (exact) mass is 382 g/mol. The molecule has 1 heterocycles. The van der Waals surface area contributed by atoms with Gasteiger partial charge in [0.25, 0.3) is 0 Å². The zero-order valence-electron chi connectivity index (χ0n) is 15.2. The van der Waals surface area contributed by atoms with E-state index < -0.39 is 0 Å². The fraction of sp³-hybridized carbons (Fsp3) is 0.364. The van der Waals surface area contributed by atoms with E-state index in [1.807, 2.05) is 24.3 Å². The molecule has 0 unspecified atom stereocenters. The molecule has 1 N–H and O–H groups in total. The summed E-state index contributed by atoms with van der Waals surface area (Å²) < 4.78 is 5.87. The van der Waals surface area contributed by atoms with Gasteiger partial charge in [-0.2, -0.15) is 0 Å². The van der Waals surface area contributed by atoms with Crippen LogP contribution in [0.25, 0.3) is 22.6 Å². The van der Waals surface area contributed by atoms with E-state index in [4.69, 9.17) is 16.0 Å². The summed E-state index contributed by atoms with van der Waals surface area (Å²) in [5, 5.41) is 3.66. The second-order valence-electron chi connectivity index (χ2n) is 7.27. The topological polar surface area (TPSA) is 55.1 Å². The number of hydrogen-bond acceptors (Lipinski definition) is 3. The van der Waals surface area contributed by atoms with E-state index in [-0.39, 0.29) is 5.91 Å². The summed E-state index contributed by atoms with van der Waals surface area (Å²) in [6.07, 6.45) is 7.99. The fourth-order valence-electron chi connectivity index (χ4n) is 3.82. The fourth-order valence-corrected chi connectivity index (χ4v) is 3.98. The second-order valence-corrected chi connectivity index (χ2v) is 7.70. The van der Waals surface area contributed by atoms with Gasteiger partial charge in [0.2, 0.25) is 11.8 Å². The second kappa shape index (κ2) is 8.13. The Balaban J connectivity index is 1.49. The lowest BCUT2D eigenvalue weighted by Crippen LogP contribution is -2.15. The SMILES string of the molecule is O=C(CCC1CCCCC1)Nc1ccccc1-c1nc2cc(Cl)ccc2o1. The summed E-state index contributed by atoms with van der Waals surface area (Å²) >= 11 is 6.03. The number of carbonyl (C=O) groups excluding carboxylic acids is 1. The lowest BCUT2D eigenvalue weighted by Gasteiger charge is -2.21. The van der Waals surface area contributed by atoms with Gasteiger partial charge in [-0.25, -0.2) is 4.98 Å². The molecule has 0 bridgehead atoms. The largest absolute Gasteiger partial charge is 0.436 e. The van der Waals surface area contributed by atoms with Crippen molar-refractivity contribution in [2.24, 2.45) is 5.92 Å². The van der Waals surface area contributed by atoms with Crippen LogP contribution in [0, 0.1) is 5.92 Å². The van der Waals surface area contributed by atoms with E-state index in [1.54, 1.807) is 18.2 Å². The molecule has 0 atom stereocenters. The van der Waals surface area contributed by atoms with Gasteiger partial charge in [0.1, 0.15) is 5.52 Å². The van der Waals surface area contributed by atoms with Crippen LogP contribution in [-0.2, 0) is 4.79 Å². The average Bonchev–Trinajstić information content (AvgIpc) is 3.10. The van der Waals surface area contributed by atoms with Gasteiger partial charge in [-0.1, -0.05) is 55.8 Å². The number of rotatable bonds is 5. The molecule has 1 fully saturated rings. The van der Waals surface area contributed by atoms with Crippen molar-refractivity contribution in [2.75, 3.05) is 5.32 Å². The molecule has 0 saturated heterocycles. The van der Waals surface area contributed by atoms with E-state index in [1.165, 1.54) is 32.1 Å². The van der Waals surface area contributed by atoms with E-state index in [9.17, 15) is 4.79 Å². The summed E-state index contributed by atoms with van der Waals surface area (Å²) in [5.74, 6) is 1.23. The predicted molar refractivity (Wildman–Crippen MR) is 109 cm³/mol. The van der Waals surface area contributed by atoms with Crippen molar-refractivity contribution in [1.82, 2.24) is 4.98 Å². The third-order valence-electron chi connectivity index (χ3n) is 5.29. The summed E-state index contributed by atoms with van der Waals surface area (Å²) in [4.78, 5) is 17.0. The van der Waals surface area contributed by atoms with Gasteiger partial charge in [-0.15, -0.1) is 0 Å². The molecular weight excluding hydrogens is 360 g/mol. The van der Waals surface area contributed by atoms with Crippen LogP contribution < -0.4 is 5.32 Å². The molecule has 27 heavy (non-hydrogen) atoms. The number of fused-ring (bicyclic) bond motifs is 1. The van der Waals surface area contributed by atoms with Crippen molar-refractivity contribution in [3.8, 4) is 11.5 Å². The van der Waals surface area contributed by atoms with E-state index in [2.05, 4.69) is 10.3 Å². The van der Waals surface area contributed by atoms with Crippen LogP contribution in [0.5, 0.6) is 0 Å². The lowest BCUT2D eigenvalue weighted by molar-refractivity contribution is -0.116. The highest BCUT2D eigenvalue weighted by Crippen LogP contribution is 2.32. The minimum absolute atomic E-state index is 0.0483. The Morgan fingerprint density at radius 2 is 1.96 bits per heavy atom. The molecule has 0 spiro atoms. The molecule has 4 nitrogen and oxygen atoms in total. The molecule has 4 rings (SSSR count). The number of para-hydroxylation sites is 1. The molecule has 1 saturated carbocycles. The van der Waals surface area contributed by atoms with Crippen molar-refractivity contribution in [3.05, 3.63) is 47.5 Å². The first kappa shape index (κ1) is 18.1. The molecular formula is C22H23ClN2O2. The minimum Gasteiger partial charge on any atom is -0.436 e. The number of benzene rings is 2. The Hall–Kier alpha value is -2.33. The zero-order valence-corrected chi connectivity index (χ0v) is 16.0. The van der Waals surface area contributed by atoms with Crippen LogP contribution in [0.15, 0.2) is 46.9 Å². The quantitative estimate of drug-likeness (QED) is 0.551. The van der Waals surface area contributed by atoms with Gasteiger partial charge in [0.15, 0.2) is 5.58 Å². The maximum Gasteiger partial charge on any atom is 0.229 e. The van der Waals surface area contributed by atoms with Crippen LogP contribution in [0.1, 0.15) is 44.9 Å². The average molecular weight is 383 g/mol. The van der Waals surface area contributed by atoms with Gasteiger partial charge < -0.3 is 9.73 Å². The van der Waals surface area contributed by atoms with Crippen LogP contribution >= 0.6 is 11.6 Å². The van der Waals surface area contributed by atoms with Crippen LogP contribution in [0.3, 0.4) is 0 Å². The van der Waals surface area contributed by atoms with Gasteiger partial charge in [-0.05, 0) is 42.7 Å². The maximum absolute atomic E-state index is 12.5. The Kier molecular flexibility index (Phi) is 5.44. The van der Waals surface area contributed by atoms with Crippen molar-refractivity contribution in [3.63, 3.8) is 0 Å². The first-order valence-electron chi connectivity index (χ1n) is 9.64. The molecule has 5 heteroatoms. The summed E-state index contributed by atoms with van der Waals surface area (Å²) in [6, 6.07) is 13.0. The number of aromatic nitrogens is 1. The molecule has 1 aliphatic carbocycles. The standard InChI is InChI=1S/C22H23ClN2O2/c23-16-11-12-20-19(14-16)25-22(27-20)17-8-4-5-9-18(17)24-21(26)13-10-15-6-2-1-3-7-15/h4-5,8-9,11-12,14-15H,1-3,6-7,10,13H2,(H,24,26). The third-order valence-corrected chi connectivity index (χ3v) is 5.52. The molecule has 0 radical (unpaired) electrons. The first-order valence-corrected chi connectivity index (χ1v) is 10.0. The van der Waals surface area contributed by atoms with E-state index in [0.29, 0.717) is 34.4 Å². The van der Waals surface area contributed by atoms with Crippen LogP contribution in [-0.4, -0.2) is 10.9 Å². The highest BCUT2D eigenvalue weighted by atomic mass is 35.5. The van der Waals surface area contributed by atoms with Crippen molar-refractivity contribution >= 4 is 34.3 Å². The van der Waals surface area contributed by atoms with Gasteiger partial charge >= 0.3 is 0 Å². The molecule has 3 aromatic rings. The smallest absolute Gasteiger partial charge is 0.229 e. The van der Waals surface area contributed by atoms with Crippen LogP contribution in [0.4, 0.5) is 5.69 Å². The van der Waals surface area contributed by atoms with Crippen molar-refractivity contribution in [2.45, 2.75) is 44.9 Å². The summed E-state index contributed by atoms with van der Waals surface area (Å²) in [5.41, 5.74) is 2.88. The number of hydrogen-bond donors (Lipinski definition) is 1. The molecule has 1 aromatic heterocycles. The highest BCUT2D eigenvalue weighted by Gasteiger charge is 2.17. The zero-order chi connectivity index (χ0) is 18.6. The van der Waals surface area contributed by atoms with Crippen molar-refractivity contribution < 1.29 is 9.21 Å². The number of nitrogens with one attached hydrogen (secondary N) is 1. The van der Waals surface area contributed by atoms with E-state index >= 15 is 0 Å². The molecule has 0 aliphatic heterocycles. The summed E-state index contributed by atoms with van der Waals surface area (Å²) in [7, 11) is 0. The number of amides is 1. The molecule has 1 amide bonds. The highest BCUT2D eigenvalue weighted by molar-refractivity contribution is 6.31. The summed E-state index contributed by atoms with van der Waals surface area (Å²) in [6.45, 7) is 0. The Morgan fingerprint density at radius 1 is 1.15 bits per heavy atom. The third kappa shape index (κ3) is 4.33. The van der Waals surface area contributed by atoms with Gasteiger partial charge in [0.05, 0.1) is 11.3 Å². The Bertz CT molecular complexity index is 944. The molecule has 140 valence electrons. The molecule has 2 aromatic carbocycles. The Morgan fingerprint density at radius 3 is 2.81 bits per heavy atom. The van der Waals surface area contributed by atoms with Gasteiger partial charge in [-0.3, -0.25) is 4.79 Å². The lowest BCUT2D eigenvalue weighted by atomic mass is 9.86. The van der Waals surface area contributed by atoms with E-state index in [0.717, 1.165) is 17.7 Å². The predicted octanol–water partition coefficient (Wildman–Crippen LogP) is 6.45. The number of anilines is 1. The number of nitrogens with zero attached hydrogens (tertiary/aromatic N) is 1. The molecule has 1 aliphatic rings. The Labute approximate surface area is 163 Å². The first-order chi connectivity index (χ1) is 13.2. The number of carbonyl (C=O) groups is 1. The van der Waals surface area contributed by atoms with Crippen molar-refractivity contribution in [1.29, 1.82) is 0 Å². The minimum atomic E-state index is 0.0483. The van der Waals surface area contributed by atoms with Gasteiger partial charge in [0, 0.05) is 11.4 Å².